The van der Waals surface area contributed by atoms with E-state index in [-0.39, 0.29) is 18.4 Å². The third-order valence-electron chi connectivity index (χ3n) is 6.35. The molecular weight excluding hydrogens is 260 g/mol. The fourth-order valence-electron chi connectivity index (χ4n) is 4.84. The number of rotatable bonds is 0. The van der Waals surface area contributed by atoms with Crippen molar-refractivity contribution in [1.29, 1.82) is 0 Å². The van der Waals surface area contributed by atoms with Crippen LogP contribution in [0.25, 0.3) is 0 Å². The molecule has 0 amide bonds. The summed E-state index contributed by atoms with van der Waals surface area (Å²) in [4.78, 5) is 11.8. The lowest BCUT2D eigenvalue weighted by atomic mass is 9.52. The van der Waals surface area contributed by atoms with E-state index in [1.54, 1.807) is 6.92 Å². The van der Waals surface area contributed by atoms with E-state index in [1.165, 1.54) is 0 Å². The Balaban J connectivity index is 1.90. The number of aliphatic hydroxyl groups excluding tert-OH is 1. The molecule has 110 valence electrons. The summed E-state index contributed by atoms with van der Waals surface area (Å²) < 4.78 is 11.1. The van der Waals surface area contributed by atoms with Crippen LogP contribution < -0.4 is 0 Å². The predicted molar refractivity (Wildman–Crippen MR) is 68.5 cm³/mol. The number of ether oxygens (including phenoxy) is 2. The summed E-state index contributed by atoms with van der Waals surface area (Å²) in [6.45, 7) is 5.74. The van der Waals surface area contributed by atoms with E-state index in [4.69, 9.17) is 9.47 Å². The van der Waals surface area contributed by atoms with Crippen LogP contribution in [0, 0.1) is 11.3 Å². The van der Waals surface area contributed by atoms with E-state index in [9.17, 15) is 15.0 Å². The highest BCUT2D eigenvalue weighted by Crippen LogP contribution is 2.69. The zero-order chi connectivity index (χ0) is 14.5. The molecule has 3 fully saturated rings. The van der Waals surface area contributed by atoms with Crippen molar-refractivity contribution < 1.29 is 24.5 Å². The molecule has 20 heavy (non-hydrogen) atoms. The largest absolute Gasteiger partial charge is 0.426 e. The van der Waals surface area contributed by atoms with Gasteiger partial charge in [-0.05, 0) is 25.7 Å². The average Bonchev–Trinajstić information content (AvgIpc) is 3.01. The third kappa shape index (κ3) is 1.11. The van der Waals surface area contributed by atoms with Crippen molar-refractivity contribution in [1.82, 2.24) is 0 Å². The Morgan fingerprint density at radius 2 is 2.05 bits per heavy atom. The van der Waals surface area contributed by atoms with Crippen molar-refractivity contribution in [2.24, 2.45) is 11.3 Å². The van der Waals surface area contributed by atoms with Gasteiger partial charge in [0, 0.05) is 23.0 Å². The normalized spacial score (nSPS) is 56.9. The van der Waals surface area contributed by atoms with Crippen LogP contribution in [0.5, 0.6) is 0 Å². The van der Waals surface area contributed by atoms with Crippen LogP contribution in [-0.2, 0) is 14.3 Å². The zero-order valence-electron chi connectivity index (χ0n) is 12.0. The first-order valence-corrected chi connectivity index (χ1v) is 7.29. The molecule has 0 bridgehead atoms. The van der Waals surface area contributed by atoms with E-state index in [2.05, 4.69) is 6.92 Å². The van der Waals surface area contributed by atoms with Gasteiger partial charge in [0.1, 0.15) is 5.60 Å². The molecule has 1 spiro atoms. The topological polar surface area (TPSA) is 79.3 Å². The molecule has 1 unspecified atom stereocenters. The van der Waals surface area contributed by atoms with Crippen LogP contribution in [0.1, 0.15) is 40.0 Å². The molecule has 0 radical (unpaired) electrons. The predicted octanol–water partition coefficient (Wildman–Crippen LogP) is 0.887. The molecule has 2 heterocycles. The minimum atomic E-state index is -1.69. The summed E-state index contributed by atoms with van der Waals surface area (Å²) in [6, 6.07) is 0. The molecule has 2 aliphatic heterocycles. The van der Waals surface area contributed by atoms with Gasteiger partial charge in [-0.2, -0.15) is 0 Å². The Hall–Kier alpha value is -0.910. The van der Waals surface area contributed by atoms with Crippen LogP contribution in [0.3, 0.4) is 0 Å². The smallest absolute Gasteiger partial charge is 0.336 e. The van der Waals surface area contributed by atoms with Gasteiger partial charge in [0.15, 0.2) is 0 Å². The molecule has 2 aliphatic carbocycles. The molecule has 4 rings (SSSR count). The first-order valence-electron chi connectivity index (χ1n) is 7.29. The van der Waals surface area contributed by atoms with Crippen LogP contribution >= 0.6 is 0 Å². The number of hydrogen-bond donors (Lipinski definition) is 2. The summed E-state index contributed by atoms with van der Waals surface area (Å²) in [5, 5.41) is 21.6. The minimum absolute atomic E-state index is 0.0588. The molecule has 5 heteroatoms. The van der Waals surface area contributed by atoms with Gasteiger partial charge in [0.05, 0.1) is 12.2 Å². The molecule has 2 saturated carbocycles. The van der Waals surface area contributed by atoms with Gasteiger partial charge >= 0.3 is 5.97 Å². The quantitative estimate of drug-likeness (QED) is 0.509. The Morgan fingerprint density at radius 3 is 2.75 bits per heavy atom. The highest BCUT2D eigenvalue weighted by Gasteiger charge is 2.79. The van der Waals surface area contributed by atoms with Crippen molar-refractivity contribution >= 4 is 5.97 Å². The molecule has 6 atom stereocenters. The summed E-state index contributed by atoms with van der Waals surface area (Å²) in [6.07, 6.45) is 1.31. The second-order valence-electron chi connectivity index (χ2n) is 7.05. The number of epoxide rings is 1. The zero-order valence-corrected chi connectivity index (χ0v) is 12.0. The molecule has 0 aromatic heterocycles. The molecule has 4 aliphatic rings. The van der Waals surface area contributed by atoms with E-state index in [1.807, 2.05) is 6.92 Å². The van der Waals surface area contributed by atoms with Crippen molar-refractivity contribution in [3.05, 3.63) is 11.1 Å². The van der Waals surface area contributed by atoms with Crippen molar-refractivity contribution in [3.8, 4) is 0 Å². The summed E-state index contributed by atoms with van der Waals surface area (Å²) >= 11 is 0. The van der Waals surface area contributed by atoms with Gasteiger partial charge in [-0.25, -0.2) is 4.79 Å². The van der Waals surface area contributed by atoms with E-state index >= 15 is 0 Å². The molecule has 0 aromatic carbocycles. The van der Waals surface area contributed by atoms with Crippen molar-refractivity contribution in [3.63, 3.8) is 0 Å². The van der Waals surface area contributed by atoms with Crippen molar-refractivity contribution in [2.75, 3.05) is 0 Å². The lowest BCUT2D eigenvalue weighted by Crippen LogP contribution is -2.63. The Morgan fingerprint density at radius 1 is 1.35 bits per heavy atom. The molecule has 0 aromatic rings. The van der Waals surface area contributed by atoms with Crippen LogP contribution in [0.4, 0.5) is 0 Å². The highest BCUT2D eigenvalue weighted by molar-refractivity contribution is 5.92. The van der Waals surface area contributed by atoms with Crippen LogP contribution in [-0.4, -0.2) is 39.8 Å². The first kappa shape index (κ1) is 12.8. The summed E-state index contributed by atoms with van der Waals surface area (Å²) in [5.41, 5.74) is -0.357. The maximum Gasteiger partial charge on any atom is 0.336 e. The SMILES string of the molecule is CC1=C2[C@@H](O)[C@]3(C)[C@@H](C)CC[C@H]4OC43C[C@]2(O)OC1=O. The Kier molecular flexibility index (Phi) is 2.10. The maximum absolute atomic E-state index is 11.8. The number of carbonyl (C=O) groups excluding carboxylic acids is 1. The fourth-order valence-corrected chi connectivity index (χ4v) is 4.84. The van der Waals surface area contributed by atoms with Gasteiger partial charge < -0.3 is 19.7 Å². The standard InChI is InChI=1S/C15H20O5/c1-7-4-5-9-14(19-9)6-15(18)10(8(2)12(17)20-15)11(16)13(7,14)3/h7,9,11,16,18H,4-6H2,1-3H3/t7-,9+,11+,13-,14?,15-/m0/s1. The second kappa shape index (κ2) is 3.29. The van der Waals surface area contributed by atoms with Gasteiger partial charge in [-0.1, -0.05) is 13.8 Å². The lowest BCUT2D eigenvalue weighted by Gasteiger charge is -2.53. The van der Waals surface area contributed by atoms with Gasteiger partial charge in [0.25, 0.3) is 0 Å². The fraction of sp³-hybridized carbons (Fsp3) is 0.800. The van der Waals surface area contributed by atoms with E-state index in [0.717, 1.165) is 12.8 Å². The lowest BCUT2D eigenvalue weighted by molar-refractivity contribution is -0.221. The van der Waals surface area contributed by atoms with Gasteiger partial charge in [-0.3, -0.25) is 0 Å². The van der Waals surface area contributed by atoms with Gasteiger partial charge in [0.2, 0.25) is 5.79 Å². The Bertz CT molecular complexity index is 554. The first-order chi connectivity index (χ1) is 9.26. The number of fused-ring (bicyclic) bond motifs is 1. The molecular formula is C15H20O5. The summed E-state index contributed by atoms with van der Waals surface area (Å²) in [7, 11) is 0. The number of aliphatic hydroxyl groups is 2. The monoisotopic (exact) mass is 280 g/mol. The number of carbonyl (C=O) groups is 1. The van der Waals surface area contributed by atoms with Crippen LogP contribution in [0.15, 0.2) is 11.1 Å². The van der Waals surface area contributed by atoms with E-state index in [0.29, 0.717) is 11.1 Å². The minimum Gasteiger partial charge on any atom is -0.426 e. The second-order valence-corrected chi connectivity index (χ2v) is 7.05. The average molecular weight is 280 g/mol. The van der Waals surface area contributed by atoms with Gasteiger partial charge in [-0.15, -0.1) is 0 Å². The Labute approximate surface area is 117 Å². The highest BCUT2D eigenvalue weighted by atomic mass is 16.7. The number of hydrogen-bond acceptors (Lipinski definition) is 5. The summed E-state index contributed by atoms with van der Waals surface area (Å²) in [5.74, 6) is -1.96. The molecule has 2 N–H and O–H groups in total. The maximum atomic E-state index is 11.8. The van der Waals surface area contributed by atoms with Crippen molar-refractivity contribution in [2.45, 2.75) is 63.6 Å². The third-order valence-corrected chi connectivity index (χ3v) is 6.35. The molecule has 5 nitrogen and oxygen atoms in total. The van der Waals surface area contributed by atoms with Crippen LogP contribution in [0.2, 0.25) is 0 Å². The molecule has 1 saturated heterocycles. The number of esters is 1. The van der Waals surface area contributed by atoms with E-state index < -0.39 is 28.9 Å².